The monoisotopic (exact) mass is 219 g/mol. The first-order valence-electron chi connectivity index (χ1n) is 5.78. The molecule has 16 heavy (non-hydrogen) atoms. The number of rotatable bonds is 3. The predicted molar refractivity (Wildman–Crippen MR) is 63.4 cm³/mol. The lowest BCUT2D eigenvalue weighted by Crippen LogP contribution is -2.40. The number of aliphatic hydroxyl groups is 1. The molecule has 2 rings (SSSR count). The fourth-order valence-electron chi connectivity index (χ4n) is 2.04. The van der Waals surface area contributed by atoms with Crippen molar-refractivity contribution in [2.75, 3.05) is 11.4 Å². The summed E-state index contributed by atoms with van der Waals surface area (Å²) in [5.41, 5.74) is 2.16. The molecule has 0 saturated carbocycles. The second-order valence-corrected chi connectivity index (χ2v) is 4.20. The van der Waals surface area contributed by atoms with Gasteiger partial charge in [0, 0.05) is 12.1 Å². The minimum atomic E-state index is -0.435. The van der Waals surface area contributed by atoms with Gasteiger partial charge in [-0.25, -0.2) is 0 Å². The molecule has 3 heteroatoms. The van der Waals surface area contributed by atoms with Crippen LogP contribution in [0.3, 0.4) is 0 Å². The molecule has 0 aliphatic carbocycles. The molecule has 0 spiro atoms. The van der Waals surface area contributed by atoms with E-state index in [0.29, 0.717) is 19.4 Å². The fourth-order valence-corrected chi connectivity index (χ4v) is 2.04. The van der Waals surface area contributed by atoms with Crippen molar-refractivity contribution < 1.29 is 9.90 Å². The molecule has 0 fully saturated rings. The van der Waals surface area contributed by atoms with Crippen molar-refractivity contribution in [2.45, 2.75) is 32.3 Å². The number of hydrogen-bond acceptors (Lipinski definition) is 2. The molecular weight excluding hydrogens is 202 g/mol. The zero-order valence-corrected chi connectivity index (χ0v) is 9.52. The van der Waals surface area contributed by atoms with Crippen LogP contribution < -0.4 is 4.90 Å². The quantitative estimate of drug-likeness (QED) is 0.841. The van der Waals surface area contributed by atoms with E-state index in [4.69, 9.17) is 0 Å². The highest BCUT2D eigenvalue weighted by molar-refractivity contribution is 5.96. The number of nitrogens with zero attached hydrogens (tertiary/aromatic N) is 1. The number of anilines is 1. The molecule has 1 heterocycles. The number of hydrogen-bond donors (Lipinski definition) is 1. The van der Waals surface area contributed by atoms with Crippen molar-refractivity contribution in [3.8, 4) is 0 Å². The number of benzene rings is 1. The Labute approximate surface area is 95.7 Å². The number of fused-ring (bicyclic) bond motifs is 1. The van der Waals surface area contributed by atoms with Gasteiger partial charge in [0.2, 0.25) is 5.91 Å². The standard InChI is InChI=1S/C13H17NO2/c1-2-11(15)9-14-12-6-4-3-5-10(12)7-8-13(14)16/h3-6,11,15H,2,7-9H2,1H3. The van der Waals surface area contributed by atoms with Gasteiger partial charge in [-0.05, 0) is 24.5 Å². The summed E-state index contributed by atoms with van der Waals surface area (Å²) in [5, 5.41) is 9.66. The normalized spacial score (nSPS) is 17.1. The molecule has 3 nitrogen and oxygen atoms in total. The third-order valence-corrected chi connectivity index (χ3v) is 3.06. The van der Waals surface area contributed by atoms with E-state index in [1.165, 1.54) is 5.56 Å². The minimum Gasteiger partial charge on any atom is -0.391 e. The first kappa shape index (κ1) is 11.1. The molecule has 1 aromatic rings. The molecule has 0 radical (unpaired) electrons. The van der Waals surface area contributed by atoms with Crippen LogP contribution in [0.4, 0.5) is 5.69 Å². The number of para-hydroxylation sites is 1. The summed E-state index contributed by atoms with van der Waals surface area (Å²) >= 11 is 0. The van der Waals surface area contributed by atoms with E-state index >= 15 is 0 Å². The Bertz CT molecular complexity index is 389. The Balaban J connectivity index is 2.26. The SMILES string of the molecule is CCC(O)CN1C(=O)CCc2ccccc21. The molecule has 1 aliphatic heterocycles. The highest BCUT2D eigenvalue weighted by atomic mass is 16.3. The number of carbonyl (C=O) groups is 1. The van der Waals surface area contributed by atoms with Crippen molar-refractivity contribution in [3.63, 3.8) is 0 Å². The lowest BCUT2D eigenvalue weighted by molar-refractivity contribution is -0.119. The van der Waals surface area contributed by atoms with Crippen molar-refractivity contribution in [3.05, 3.63) is 29.8 Å². The molecule has 1 aliphatic rings. The Morgan fingerprint density at radius 2 is 2.12 bits per heavy atom. The average molecular weight is 219 g/mol. The van der Waals surface area contributed by atoms with Gasteiger partial charge in [-0.15, -0.1) is 0 Å². The fraction of sp³-hybridized carbons (Fsp3) is 0.462. The van der Waals surface area contributed by atoms with Crippen LogP contribution in [0.2, 0.25) is 0 Å². The second-order valence-electron chi connectivity index (χ2n) is 4.20. The number of carbonyl (C=O) groups excluding carboxylic acids is 1. The Morgan fingerprint density at radius 1 is 1.38 bits per heavy atom. The van der Waals surface area contributed by atoms with Gasteiger partial charge in [-0.1, -0.05) is 25.1 Å². The maximum atomic E-state index is 11.8. The van der Waals surface area contributed by atoms with Crippen LogP contribution in [-0.4, -0.2) is 23.7 Å². The number of aliphatic hydroxyl groups excluding tert-OH is 1. The molecule has 1 unspecified atom stereocenters. The summed E-state index contributed by atoms with van der Waals surface area (Å²) in [5.74, 6) is 0.117. The third kappa shape index (κ3) is 2.09. The van der Waals surface area contributed by atoms with Crippen molar-refractivity contribution >= 4 is 11.6 Å². The van der Waals surface area contributed by atoms with Crippen molar-refractivity contribution in [1.82, 2.24) is 0 Å². The maximum absolute atomic E-state index is 11.8. The van der Waals surface area contributed by atoms with E-state index in [2.05, 4.69) is 0 Å². The first-order chi connectivity index (χ1) is 7.72. The first-order valence-corrected chi connectivity index (χ1v) is 5.78. The molecule has 0 aromatic heterocycles. The van der Waals surface area contributed by atoms with Gasteiger partial charge in [0.05, 0.1) is 12.6 Å². The van der Waals surface area contributed by atoms with E-state index in [1.807, 2.05) is 31.2 Å². The van der Waals surface area contributed by atoms with Gasteiger partial charge < -0.3 is 10.0 Å². The number of aryl methyl sites for hydroxylation is 1. The molecule has 1 N–H and O–H groups in total. The summed E-state index contributed by atoms with van der Waals surface area (Å²) in [4.78, 5) is 13.5. The molecule has 0 saturated heterocycles. The van der Waals surface area contributed by atoms with Crippen LogP contribution in [0.15, 0.2) is 24.3 Å². The van der Waals surface area contributed by atoms with Crippen molar-refractivity contribution in [2.24, 2.45) is 0 Å². The van der Waals surface area contributed by atoms with Crippen LogP contribution >= 0.6 is 0 Å². The van der Waals surface area contributed by atoms with E-state index in [9.17, 15) is 9.90 Å². The number of amides is 1. The zero-order valence-electron chi connectivity index (χ0n) is 9.52. The van der Waals surface area contributed by atoms with Gasteiger partial charge in [-0.2, -0.15) is 0 Å². The van der Waals surface area contributed by atoms with Crippen molar-refractivity contribution in [1.29, 1.82) is 0 Å². The van der Waals surface area contributed by atoms with Gasteiger partial charge in [0.1, 0.15) is 0 Å². The Hall–Kier alpha value is -1.35. The summed E-state index contributed by atoms with van der Waals surface area (Å²) in [6.45, 7) is 2.33. The van der Waals surface area contributed by atoms with E-state index in [-0.39, 0.29) is 5.91 Å². The summed E-state index contributed by atoms with van der Waals surface area (Å²) < 4.78 is 0. The second kappa shape index (κ2) is 4.66. The summed E-state index contributed by atoms with van der Waals surface area (Å²) in [7, 11) is 0. The van der Waals surface area contributed by atoms with E-state index in [1.54, 1.807) is 4.90 Å². The van der Waals surface area contributed by atoms with Crippen LogP contribution in [-0.2, 0) is 11.2 Å². The van der Waals surface area contributed by atoms with Gasteiger partial charge in [-0.3, -0.25) is 4.79 Å². The molecular formula is C13H17NO2. The largest absolute Gasteiger partial charge is 0.391 e. The lowest BCUT2D eigenvalue weighted by atomic mass is 10.0. The van der Waals surface area contributed by atoms with Crippen LogP contribution in [0.1, 0.15) is 25.3 Å². The van der Waals surface area contributed by atoms with Gasteiger partial charge in [0.25, 0.3) is 0 Å². The highest BCUT2D eigenvalue weighted by Crippen LogP contribution is 2.27. The Morgan fingerprint density at radius 3 is 2.88 bits per heavy atom. The van der Waals surface area contributed by atoms with E-state index < -0.39 is 6.10 Å². The Kier molecular flexibility index (Phi) is 3.25. The van der Waals surface area contributed by atoms with Gasteiger partial charge >= 0.3 is 0 Å². The predicted octanol–water partition coefficient (Wildman–Crippen LogP) is 1.74. The molecule has 86 valence electrons. The van der Waals surface area contributed by atoms with Crippen LogP contribution in [0, 0.1) is 0 Å². The summed E-state index contributed by atoms with van der Waals surface area (Å²) in [6, 6.07) is 7.92. The topological polar surface area (TPSA) is 40.5 Å². The average Bonchev–Trinajstić information content (AvgIpc) is 2.32. The molecule has 1 aromatic carbocycles. The van der Waals surface area contributed by atoms with Crippen LogP contribution in [0.25, 0.3) is 0 Å². The smallest absolute Gasteiger partial charge is 0.227 e. The van der Waals surface area contributed by atoms with E-state index in [0.717, 1.165) is 12.1 Å². The molecule has 1 amide bonds. The summed E-state index contributed by atoms with van der Waals surface area (Å²) in [6.07, 6.45) is 1.60. The molecule has 1 atom stereocenters. The minimum absolute atomic E-state index is 0.117. The highest BCUT2D eigenvalue weighted by Gasteiger charge is 2.24. The maximum Gasteiger partial charge on any atom is 0.227 e. The lowest BCUT2D eigenvalue weighted by Gasteiger charge is -2.30. The molecule has 0 bridgehead atoms. The van der Waals surface area contributed by atoms with Gasteiger partial charge in [0.15, 0.2) is 0 Å². The number of β-amino-alcohol motifs (C(OH)–C–C–N with tert-alkyl or cyclic N) is 1. The zero-order chi connectivity index (χ0) is 11.5. The third-order valence-electron chi connectivity index (χ3n) is 3.06. The van der Waals surface area contributed by atoms with Crippen LogP contribution in [0.5, 0.6) is 0 Å².